The monoisotopic (exact) mass is 400 g/mol. The molecule has 1 aromatic heterocycles. The van der Waals surface area contributed by atoms with E-state index in [-0.39, 0.29) is 17.2 Å². The molecule has 28 heavy (non-hydrogen) atoms. The Kier molecular flexibility index (Phi) is 4.60. The largest absolute Gasteiger partial charge is 0.496 e. The van der Waals surface area contributed by atoms with Crippen molar-refractivity contribution >= 4 is 26.9 Å². The molecule has 4 rings (SSSR count). The molecule has 1 N–H and O–H groups in total. The van der Waals surface area contributed by atoms with Gasteiger partial charge in [0.2, 0.25) is 15.9 Å². The molecule has 2 heterocycles. The molecule has 1 saturated heterocycles. The summed E-state index contributed by atoms with van der Waals surface area (Å²) in [5, 5.41) is 0.952. The van der Waals surface area contributed by atoms with Crippen molar-refractivity contribution in [3.8, 4) is 17.1 Å². The van der Waals surface area contributed by atoms with E-state index in [9.17, 15) is 13.2 Å². The highest BCUT2D eigenvalue weighted by Crippen LogP contribution is 2.35. The number of likely N-dealkylation sites (tertiary alicyclic amines) is 1. The molecule has 0 radical (unpaired) electrons. The number of amides is 1. The minimum atomic E-state index is -3.79. The Balaban J connectivity index is 1.65. The van der Waals surface area contributed by atoms with Gasteiger partial charge in [-0.1, -0.05) is 18.2 Å². The van der Waals surface area contributed by atoms with Crippen molar-refractivity contribution in [2.24, 2.45) is 0 Å². The summed E-state index contributed by atoms with van der Waals surface area (Å²) in [6.45, 7) is 0.353. The number of methoxy groups -OCH3 is 1. The molecule has 3 aromatic rings. The van der Waals surface area contributed by atoms with Crippen LogP contribution in [0.2, 0.25) is 0 Å². The summed E-state index contributed by atoms with van der Waals surface area (Å²) >= 11 is 0. The average molecular weight is 400 g/mol. The summed E-state index contributed by atoms with van der Waals surface area (Å²) in [6, 6.07) is 13.7. The van der Waals surface area contributed by atoms with Crippen molar-refractivity contribution in [1.29, 1.82) is 0 Å². The van der Waals surface area contributed by atoms with Crippen LogP contribution in [0.5, 0.6) is 5.75 Å². The van der Waals surface area contributed by atoms with Gasteiger partial charge in [0.05, 0.1) is 17.6 Å². The lowest BCUT2D eigenvalue weighted by Gasteiger charge is -2.14. The first kappa shape index (κ1) is 18.5. The van der Waals surface area contributed by atoms with E-state index >= 15 is 0 Å². The van der Waals surface area contributed by atoms with Gasteiger partial charge in [0.25, 0.3) is 0 Å². The first-order chi connectivity index (χ1) is 13.4. The van der Waals surface area contributed by atoms with Crippen LogP contribution in [0.25, 0.3) is 22.3 Å². The highest BCUT2D eigenvalue weighted by molar-refractivity contribution is 7.89. The van der Waals surface area contributed by atoms with E-state index in [1.807, 2.05) is 30.3 Å². The third-order valence-corrected chi connectivity index (χ3v) is 6.36. The molecule has 1 fully saturated rings. The molecular weight excluding hydrogens is 380 g/mol. The number of rotatable bonds is 5. The van der Waals surface area contributed by atoms with E-state index in [0.29, 0.717) is 23.6 Å². The highest BCUT2D eigenvalue weighted by atomic mass is 32.2. The lowest BCUT2D eigenvalue weighted by Crippen LogP contribution is -2.36. The number of hydrogen-bond donors (Lipinski definition) is 1. The van der Waals surface area contributed by atoms with Crippen LogP contribution < -0.4 is 9.46 Å². The second kappa shape index (κ2) is 6.96. The van der Waals surface area contributed by atoms with E-state index < -0.39 is 16.1 Å². The van der Waals surface area contributed by atoms with Crippen LogP contribution in [-0.2, 0) is 14.8 Å². The van der Waals surface area contributed by atoms with Crippen molar-refractivity contribution in [1.82, 2.24) is 9.62 Å². The average Bonchev–Trinajstić information content (AvgIpc) is 3.23. The van der Waals surface area contributed by atoms with E-state index in [1.54, 1.807) is 13.1 Å². The van der Waals surface area contributed by atoms with Crippen LogP contribution in [0.4, 0.5) is 0 Å². The van der Waals surface area contributed by atoms with E-state index in [0.717, 1.165) is 11.0 Å². The zero-order valence-corrected chi connectivity index (χ0v) is 16.3. The molecule has 1 amide bonds. The van der Waals surface area contributed by atoms with Crippen molar-refractivity contribution in [3.05, 3.63) is 48.5 Å². The van der Waals surface area contributed by atoms with Crippen LogP contribution in [-0.4, -0.2) is 46.0 Å². The van der Waals surface area contributed by atoms with Gasteiger partial charge < -0.3 is 14.1 Å². The minimum absolute atomic E-state index is 0.0752. The van der Waals surface area contributed by atoms with Crippen LogP contribution in [0.3, 0.4) is 0 Å². The summed E-state index contributed by atoms with van der Waals surface area (Å²) in [4.78, 5) is 13.2. The van der Waals surface area contributed by atoms with E-state index in [2.05, 4.69) is 4.72 Å². The summed E-state index contributed by atoms with van der Waals surface area (Å²) in [5.74, 6) is 0.907. The van der Waals surface area contributed by atoms with Gasteiger partial charge in [0, 0.05) is 37.5 Å². The van der Waals surface area contributed by atoms with Crippen LogP contribution >= 0.6 is 0 Å². The molecule has 7 nitrogen and oxygen atoms in total. The molecule has 0 spiro atoms. The number of carbonyl (C=O) groups is 1. The standard InChI is InChI=1S/C20H20N2O5S/c1-22-12-14(10-20(22)23)21-28(24,25)15-7-8-16(18(11-15)26-2)19-9-13-5-3-4-6-17(13)27-19/h3-9,11,14,21H,10,12H2,1-2H3. The topological polar surface area (TPSA) is 88.8 Å². The molecule has 1 aliphatic rings. The van der Waals surface area contributed by atoms with Gasteiger partial charge in [0.15, 0.2) is 0 Å². The Morgan fingerprint density at radius 1 is 1.18 bits per heavy atom. The first-order valence-electron chi connectivity index (χ1n) is 8.80. The van der Waals surface area contributed by atoms with Gasteiger partial charge in [-0.15, -0.1) is 0 Å². The molecule has 1 aliphatic heterocycles. The second-order valence-corrected chi connectivity index (χ2v) is 8.52. The molecule has 146 valence electrons. The number of para-hydroxylation sites is 1. The predicted molar refractivity (Wildman–Crippen MR) is 105 cm³/mol. The number of carbonyl (C=O) groups excluding carboxylic acids is 1. The fourth-order valence-corrected chi connectivity index (χ4v) is 4.63. The number of sulfonamides is 1. The molecule has 1 atom stereocenters. The Bertz CT molecular complexity index is 1120. The normalized spacial score (nSPS) is 17.4. The zero-order valence-electron chi connectivity index (χ0n) is 15.5. The summed E-state index contributed by atoms with van der Waals surface area (Å²) in [6.07, 6.45) is 0.157. The zero-order chi connectivity index (χ0) is 19.9. The molecule has 0 aliphatic carbocycles. The Hall–Kier alpha value is -2.84. The van der Waals surface area contributed by atoms with Gasteiger partial charge in [0.1, 0.15) is 17.1 Å². The number of ether oxygens (including phenoxy) is 1. The third-order valence-electron chi connectivity index (χ3n) is 4.84. The van der Waals surface area contributed by atoms with Gasteiger partial charge in [-0.05, 0) is 24.3 Å². The van der Waals surface area contributed by atoms with Crippen LogP contribution in [0.15, 0.2) is 57.8 Å². The third kappa shape index (κ3) is 3.36. The summed E-state index contributed by atoms with van der Waals surface area (Å²) in [7, 11) is -0.650. The van der Waals surface area contributed by atoms with Crippen molar-refractivity contribution in [2.75, 3.05) is 20.7 Å². The van der Waals surface area contributed by atoms with Crippen LogP contribution in [0.1, 0.15) is 6.42 Å². The van der Waals surface area contributed by atoms with E-state index in [1.165, 1.54) is 24.1 Å². The van der Waals surface area contributed by atoms with E-state index in [4.69, 9.17) is 9.15 Å². The maximum absolute atomic E-state index is 12.7. The number of nitrogens with zero attached hydrogens (tertiary/aromatic N) is 1. The highest BCUT2D eigenvalue weighted by Gasteiger charge is 2.31. The van der Waals surface area contributed by atoms with Gasteiger partial charge in [-0.25, -0.2) is 13.1 Å². The van der Waals surface area contributed by atoms with Crippen molar-refractivity contribution in [3.63, 3.8) is 0 Å². The molecule has 0 bridgehead atoms. The number of fused-ring (bicyclic) bond motifs is 1. The fourth-order valence-electron chi connectivity index (χ4n) is 3.39. The minimum Gasteiger partial charge on any atom is -0.496 e. The predicted octanol–water partition coefficient (Wildman–Crippen LogP) is 2.62. The SMILES string of the molecule is COc1cc(S(=O)(=O)NC2CC(=O)N(C)C2)ccc1-c1cc2ccccc2o1. The van der Waals surface area contributed by atoms with Gasteiger partial charge in [-0.2, -0.15) is 0 Å². The molecule has 2 aromatic carbocycles. The quantitative estimate of drug-likeness (QED) is 0.711. The fraction of sp³-hybridized carbons (Fsp3) is 0.250. The Morgan fingerprint density at radius 2 is 1.96 bits per heavy atom. The number of nitrogens with one attached hydrogen (secondary N) is 1. The number of likely N-dealkylation sites (N-methyl/N-ethyl adjacent to an activating group) is 1. The smallest absolute Gasteiger partial charge is 0.241 e. The number of furan rings is 1. The second-order valence-electron chi connectivity index (χ2n) is 6.81. The molecule has 1 unspecified atom stereocenters. The van der Waals surface area contributed by atoms with Crippen LogP contribution in [0, 0.1) is 0 Å². The lowest BCUT2D eigenvalue weighted by molar-refractivity contribution is -0.126. The molecular formula is C20H20N2O5S. The summed E-state index contributed by atoms with van der Waals surface area (Å²) in [5.41, 5.74) is 1.40. The molecule has 8 heteroatoms. The maximum atomic E-state index is 12.7. The Morgan fingerprint density at radius 3 is 2.64 bits per heavy atom. The lowest BCUT2D eigenvalue weighted by atomic mass is 10.1. The van der Waals surface area contributed by atoms with Crippen molar-refractivity contribution < 1.29 is 22.4 Å². The first-order valence-corrected chi connectivity index (χ1v) is 10.3. The van der Waals surface area contributed by atoms with Gasteiger partial charge in [-0.3, -0.25) is 4.79 Å². The van der Waals surface area contributed by atoms with Crippen molar-refractivity contribution in [2.45, 2.75) is 17.4 Å². The summed E-state index contributed by atoms with van der Waals surface area (Å²) < 4.78 is 39.4. The Labute approximate surface area is 162 Å². The van der Waals surface area contributed by atoms with Gasteiger partial charge >= 0.3 is 0 Å². The number of benzene rings is 2. The maximum Gasteiger partial charge on any atom is 0.241 e. The molecule has 0 saturated carbocycles. The number of hydrogen-bond acceptors (Lipinski definition) is 5.